The second-order valence-corrected chi connectivity index (χ2v) is 6.83. The van der Waals surface area contributed by atoms with E-state index in [1.54, 1.807) is 17.2 Å². The fourth-order valence-electron chi connectivity index (χ4n) is 2.63. The highest BCUT2D eigenvalue weighted by atomic mass is 35.5. The van der Waals surface area contributed by atoms with E-state index < -0.39 is 0 Å². The summed E-state index contributed by atoms with van der Waals surface area (Å²) in [7, 11) is 0. The quantitative estimate of drug-likeness (QED) is 0.498. The van der Waals surface area contributed by atoms with Gasteiger partial charge < -0.3 is 10.5 Å². The van der Waals surface area contributed by atoms with Crippen LogP contribution in [0.1, 0.15) is 24.1 Å². The number of fused-ring (bicyclic) bond motifs is 1. The average Bonchev–Trinajstić information content (AvgIpc) is 2.96. The normalized spacial score (nSPS) is 19.0. The van der Waals surface area contributed by atoms with Gasteiger partial charge in [-0.05, 0) is 31.4 Å². The summed E-state index contributed by atoms with van der Waals surface area (Å²) >= 11 is 7.80. The number of rotatable bonds is 4. The molecule has 1 aliphatic heterocycles. The molecule has 1 aliphatic rings. The van der Waals surface area contributed by atoms with E-state index in [1.807, 2.05) is 12.1 Å². The van der Waals surface area contributed by atoms with Crippen LogP contribution in [0, 0.1) is 0 Å². The second kappa shape index (κ2) is 6.88. The van der Waals surface area contributed by atoms with E-state index >= 15 is 0 Å². The molecule has 0 radical (unpaired) electrons. The molecule has 0 bridgehead atoms. The third-order valence-electron chi connectivity index (χ3n) is 3.73. The van der Waals surface area contributed by atoms with Gasteiger partial charge in [-0.1, -0.05) is 24.3 Å². The molecule has 122 valence electrons. The Morgan fingerprint density at radius 2 is 2.30 bits per heavy atom. The van der Waals surface area contributed by atoms with E-state index in [9.17, 15) is 0 Å². The summed E-state index contributed by atoms with van der Waals surface area (Å²) in [6.07, 6.45) is 6.55. The van der Waals surface area contributed by atoms with Gasteiger partial charge in [-0.3, -0.25) is 5.01 Å². The Kier molecular flexibility index (Phi) is 4.87. The standard InChI is InChI=1S/C16H19ClN4OS/c1-2-5-12(21(19)15-6-3-4-7-22-15)13-9-11-16(23-13)10(17)8-14(18)20-11/h2,5,8-9,15H,1,3-4,6-7,19H2,(H2,18,20)/b12-5-. The van der Waals surface area contributed by atoms with Crippen LogP contribution in [0.25, 0.3) is 15.9 Å². The topological polar surface area (TPSA) is 77.4 Å². The second-order valence-electron chi connectivity index (χ2n) is 5.37. The summed E-state index contributed by atoms with van der Waals surface area (Å²) < 4.78 is 6.67. The Morgan fingerprint density at radius 1 is 1.48 bits per heavy atom. The molecule has 2 aromatic rings. The number of hydrogen-bond acceptors (Lipinski definition) is 6. The first-order chi connectivity index (χ1) is 11.1. The van der Waals surface area contributed by atoms with Gasteiger partial charge in [0.1, 0.15) is 12.0 Å². The average molecular weight is 351 g/mol. The van der Waals surface area contributed by atoms with Gasteiger partial charge in [0, 0.05) is 12.7 Å². The van der Waals surface area contributed by atoms with E-state index in [0.29, 0.717) is 10.8 Å². The minimum atomic E-state index is -0.131. The van der Waals surface area contributed by atoms with E-state index in [-0.39, 0.29) is 6.23 Å². The summed E-state index contributed by atoms with van der Waals surface area (Å²) in [5, 5.41) is 2.27. The molecule has 7 heteroatoms. The third kappa shape index (κ3) is 3.35. The largest absolute Gasteiger partial charge is 0.384 e. The smallest absolute Gasteiger partial charge is 0.144 e. The van der Waals surface area contributed by atoms with Crippen molar-refractivity contribution in [1.82, 2.24) is 9.99 Å². The van der Waals surface area contributed by atoms with Crippen LogP contribution in [-0.2, 0) is 4.74 Å². The maximum absolute atomic E-state index is 6.32. The number of allylic oxidation sites excluding steroid dienone is 2. The highest BCUT2D eigenvalue weighted by Crippen LogP contribution is 2.36. The van der Waals surface area contributed by atoms with Crippen molar-refractivity contribution in [3.63, 3.8) is 0 Å². The third-order valence-corrected chi connectivity index (χ3v) is 5.32. The number of thiophene rings is 1. The summed E-state index contributed by atoms with van der Waals surface area (Å²) in [5.41, 5.74) is 7.37. The number of halogens is 1. The van der Waals surface area contributed by atoms with Gasteiger partial charge in [0.2, 0.25) is 0 Å². The van der Waals surface area contributed by atoms with Crippen LogP contribution >= 0.6 is 22.9 Å². The molecule has 1 atom stereocenters. The Balaban J connectivity index is 1.99. The first-order valence-corrected chi connectivity index (χ1v) is 8.64. The summed E-state index contributed by atoms with van der Waals surface area (Å²) in [6, 6.07) is 3.60. The Bertz CT molecular complexity index is 752. The maximum atomic E-state index is 6.32. The minimum absolute atomic E-state index is 0.131. The van der Waals surface area contributed by atoms with Crippen molar-refractivity contribution in [3.8, 4) is 0 Å². The molecule has 1 fully saturated rings. The minimum Gasteiger partial charge on any atom is -0.384 e. The molecule has 23 heavy (non-hydrogen) atoms. The number of ether oxygens (including phenoxy) is 1. The van der Waals surface area contributed by atoms with Gasteiger partial charge in [-0.25, -0.2) is 10.8 Å². The lowest BCUT2D eigenvalue weighted by atomic mass is 10.1. The Labute approximate surface area is 144 Å². The number of hydrazine groups is 1. The number of nitrogens with zero attached hydrogens (tertiary/aromatic N) is 2. The Hall–Kier alpha value is -1.60. The number of nitrogen functional groups attached to an aromatic ring is 1. The van der Waals surface area contributed by atoms with Gasteiger partial charge >= 0.3 is 0 Å². The van der Waals surface area contributed by atoms with Crippen LogP contribution in [0.3, 0.4) is 0 Å². The molecule has 0 amide bonds. The molecule has 3 heterocycles. The van der Waals surface area contributed by atoms with Crippen LogP contribution in [0.2, 0.25) is 5.02 Å². The van der Waals surface area contributed by atoms with Crippen molar-refractivity contribution in [2.45, 2.75) is 25.5 Å². The molecule has 0 aromatic carbocycles. The molecule has 0 saturated carbocycles. The lowest BCUT2D eigenvalue weighted by Crippen LogP contribution is -2.42. The van der Waals surface area contributed by atoms with E-state index in [1.165, 1.54) is 11.3 Å². The predicted molar refractivity (Wildman–Crippen MR) is 96.8 cm³/mol. The summed E-state index contributed by atoms with van der Waals surface area (Å²) in [5.74, 6) is 6.73. The highest BCUT2D eigenvalue weighted by Gasteiger charge is 2.23. The number of aromatic nitrogens is 1. The first-order valence-electron chi connectivity index (χ1n) is 7.44. The van der Waals surface area contributed by atoms with Crippen LogP contribution in [-0.4, -0.2) is 22.8 Å². The monoisotopic (exact) mass is 350 g/mol. The van der Waals surface area contributed by atoms with Crippen molar-refractivity contribution in [3.05, 3.63) is 40.8 Å². The Morgan fingerprint density at radius 3 is 3.00 bits per heavy atom. The van der Waals surface area contributed by atoms with Gasteiger partial charge in [0.25, 0.3) is 0 Å². The lowest BCUT2D eigenvalue weighted by molar-refractivity contribution is -0.0611. The fourth-order valence-corrected chi connectivity index (χ4v) is 3.99. The van der Waals surface area contributed by atoms with Crippen LogP contribution in [0.15, 0.2) is 30.9 Å². The number of anilines is 1. The molecule has 5 nitrogen and oxygen atoms in total. The van der Waals surface area contributed by atoms with Gasteiger partial charge in [0.15, 0.2) is 0 Å². The van der Waals surface area contributed by atoms with E-state index in [0.717, 1.165) is 46.7 Å². The molecule has 1 unspecified atom stereocenters. The zero-order chi connectivity index (χ0) is 16.4. The SMILES string of the molecule is C=C/C=C(/c1cc2nc(N)cc(Cl)c2s1)N(N)C1CCCCO1. The number of pyridine rings is 1. The zero-order valence-corrected chi connectivity index (χ0v) is 14.2. The molecule has 2 aromatic heterocycles. The van der Waals surface area contributed by atoms with Crippen LogP contribution in [0.5, 0.6) is 0 Å². The van der Waals surface area contributed by atoms with Crippen molar-refractivity contribution in [1.29, 1.82) is 0 Å². The van der Waals surface area contributed by atoms with Crippen molar-refractivity contribution in [2.24, 2.45) is 5.84 Å². The molecular weight excluding hydrogens is 332 g/mol. The van der Waals surface area contributed by atoms with Gasteiger partial charge in [-0.15, -0.1) is 11.3 Å². The summed E-state index contributed by atoms with van der Waals surface area (Å²) in [6.45, 7) is 4.51. The van der Waals surface area contributed by atoms with Gasteiger partial charge in [-0.2, -0.15) is 0 Å². The van der Waals surface area contributed by atoms with Crippen LogP contribution in [0.4, 0.5) is 5.82 Å². The molecule has 0 aliphatic carbocycles. The number of hydrogen-bond donors (Lipinski definition) is 2. The molecule has 4 N–H and O–H groups in total. The van der Waals surface area contributed by atoms with Gasteiger partial charge in [0.05, 0.1) is 25.8 Å². The van der Waals surface area contributed by atoms with Crippen molar-refractivity contribution < 1.29 is 4.74 Å². The molecular formula is C16H19ClN4OS. The number of nitrogens with two attached hydrogens (primary N) is 2. The molecule has 1 saturated heterocycles. The van der Waals surface area contributed by atoms with E-state index in [4.69, 9.17) is 27.9 Å². The van der Waals surface area contributed by atoms with Crippen LogP contribution < -0.4 is 11.6 Å². The fraction of sp³-hybridized carbons (Fsp3) is 0.312. The maximum Gasteiger partial charge on any atom is 0.144 e. The highest BCUT2D eigenvalue weighted by molar-refractivity contribution is 7.20. The first kappa shape index (κ1) is 16.3. The van der Waals surface area contributed by atoms with E-state index in [2.05, 4.69) is 11.6 Å². The zero-order valence-electron chi connectivity index (χ0n) is 12.7. The predicted octanol–water partition coefficient (Wildman–Crippen LogP) is 3.76. The molecule has 0 spiro atoms. The van der Waals surface area contributed by atoms with Crippen molar-refractivity contribution >= 4 is 44.7 Å². The summed E-state index contributed by atoms with van der Waals surface area (Å²) in [4.78, 5) is 5.29. The van der Waals surface area contributed by atoms with Crippen molar-refractivity contribution in [2.75, 3.05) is 12.3 Å². The lowest BCUT2D eigenvalue weighted by Gasteiger charge is -2.33. The molecule has 3 rings (SSSR count).